The number of halogens is 2. The largest absolute Gasteiger partial charge is 0.489 e. The molecule has 4 nitrogen and oxygen atoms in total. The van der Waals surface area contributed by atoms with Crippen LogP contribution in [0.15, 0.2) is 46.9 Å². The molecule has 0 saturated carbocycles. The first-order valence-corrected chi connectivity index (χ1v) is 12.8. The van der Waals surface area contributed by atoms with E-state index in [2.05, 4.69) is 33.0 Å². The lowest BCUT2D eigenvalue weighted by Gasteiger charge is -2.23. The molecule has 6 heteroatoms. The number of esters is 1. The van der Waals surface area contributed by atoms with Crippen LogP contribution in [0.3, 0.4) is 0 Å². The van der Waals surface area contributed by atoms with E-state index in [9.17, 15) is 9.18 Å². The van der Waals surface area contributed by atoms with Crippen LogP contribution in [0.1, 0.15) is 56.7 Å². The van der Waals surface area contributed by atoms with Gasteiger partial charge in [0.15, 0.2) is 0 Å². The van der Waals surface area contributed by atoms with E-state index in [0.717, 1.165) is 55.8 Å². The number of nitrogens with zero attached hydrogens (tertiary/aromatic N) is 1. The monoisotopic (exact) mass is 529 g/mol. The number of ether oxygens (including phenoxy) is 2. The second-order valence-corrected chi connectivity index (χ2v) is 11.1. The van der Waals surface area contributed by atoms with Crippen molar-refractivity contribution in [3.8, 4) is 11.5 Å². The molecular weight excluding hydrogens is 497 g/mol. The van der Waals surface area contributed by atoms with Crippen molar-refractivity contribution in [1.29, 1.82) is 0 Å². The highest BCUT2D eigenvalue weighted by Gasteiger charge is 2.26. The Hall–Kier alpha value is -2.18. The minimum absolute atomic E-state index is 0.154. The number of aryl methyl sites for hydroxylation is 1. The van der Waals surface area contributed by atoms with E-state index in [1.54, 1.807) is 0 Å². The lowest BCUT2D eigenvalue weighted by Crippen LogP contribution is -2.26. The number of hydrogen-bond acceptors (Lipinski definition) is 4. The Labute approximate surface area is 210 Å². The molecule has 0 spiro atoms. The Kier molecular flexibility index (Phi) is 7.78. The van der Waals surface area contributed by atoms with Crippen molar-refractivity contribution in [2.24, 2.45) is 5.41 Å². The van der Waals surface area contributed by atoms with E-state index in [1.807, 2.05) is 51.1 Å². The fourth-order valence-electron chi connectivity index (χ4n) is 4.44. The molecule has 1 atom stereocenters. The van der Waals surface area contributed by atoms with Crippen LogP contribution in [0.25, 0.3) is 5.57 Å². The van der Waals surface area contributed by atoms with Crippen molar-refractivity contribution in [3.05, 3.63) is 63.6 Å². The Bertz CT molecular complexity index is 1060. The predicted octanol–water partition coefficient (Wildman–Crippen LogP) is 6.55. The van der Waals surface area contributed by atoms with Gasteiger partial charge in [0.2, 0.25) is 0 Å². The zero-order chi connectivity index (χ0) is 24.3. The molecule has 2 aromatic rings. The molecular formula is C28H33BrFNO3. The first kappa shape index (κ1) is 24.9. The summed E-state index contributed by atoms with van der Waals surface area (Å²) in [7, 11) is 0. The third-order valence-electron chi connectivity index (χ3n) is 6.34. The van der Waals surface area contributed by atoms with Gasteiger partial charge in [-0.25, -0.2) is 0 Å². The van der Waals surface area contributed by atoms with Crippen LogP contribution in [0, 0.1) is 5.41 Å². The van der Waals surface area contributed by atoms with Crippen molar-refractivity contribution in [2.75, 3.05) is 26.3 Å². The van der Waals surface area contributed by atoms with E-state index in [1.165, 1.54) is 15.6 Å². The zero-order valence-corrected chi connectivity index (χ0v) is 21.8. The van der Waals surface area contributed by atoms with Gasteiger partial charge < -0.3 is 9.47 Å². The fourth-order valence-corrected chi connectivity index (χ4v) is 5.09. The van der Waals surface area contributed by atoms with Crippen molar-refractivity contribution in [3.63, 3.8) is 0 Å². The summed E-state index contributed by atoms with van der Waals surface area (Å²) in [6.07, 6.45) is 3.50. The summed E-state index contributed by atoms with van der Waals surface area (Å²) in [4.78, 5) is 14.6. The average Bonchev–Trinajstić information content (AvgIpc) is 3.25. The molecule has 1 fully saturated rings. The molecule has 0 N–H and O–H groups in total. The molecule has 1 aliphatic carbocycles. The van der Waals surface area contributed by atoms with Crippen LogP contribution >= 0.6 is 15.9 Å². The zero-order valence-electron chi connectivity index (χ0n) is 20.2. The van der Waals surface area contributed by atoms with Crippen molar-refractivity contribution in [1.82, 2.24) is 4.90 Å². The van der Waals surface area contributed by atoms with Crippen LogP contribution in [-0.4, -0.2) is 43.3 Å². The Balaban J connectivity index is 1.47. The molecule has 182 valence electrons. The van der Waals surface area contributed by atoms with Crippen molar-refractivity contribution in [2.45, 2.75) is 52.6 Å². The first-order chi connectivity index (χ1) is 16.2. The molecule has 0 bridgehead atoms. The van der Waals surface area contributed by atoms with Gasteiger partial charge in [-0.15, -0.1) is 0 Å². The topological polar surface area (TPSA) is 38.8 Å². The lowest BCUT2D eigenvalue weighted by atomic mass is 9.86. The molecule has 2 aliphatic rings. The normalized spacial score (nSPS) is 18.7. The summed E-state index contributed by atoms with van der Waals surface area (Å²) >= 11 is 3.79. The number of hydrogen-bond donors (Lipinski definition) is 0. The molecule has 1 aliphatic heterocycles. The minimum atomic E-state index is -0.543. The number of carbonyl (C=O) groups excluding carboxylic acids is 1. The maximum absolute atomic E-state index is 12.4. The number of carbonyl (C=O) groups is 1. The van der Waals surface area contributed by atoms with Gasteiger partial charge in [-0.1, -0.05) is 34.1 Å². The molecule has 1 unspecified atom stereocenters. The maximum Gasteiger partial charge on any atom is 0.316 e. The predicted molar refractivity (Wildman–Crippen MR) is 137 cm³/mol. The standard InChI is InChI=1S/C28H33BrFNO3/c1-28(2,3)27(32)34-22-10-11-24-20(17-22)7-12-25(29)26(24)19-5-8-21(9-6-19)33-23-13-16-31(18-23)15-4-14-30/h5-6,8-11,17,23H,4,7,12-16,18H2,1-3H3. The maximum atomic E-state index is 12.4. The van der Waals surface area contributed by atoms with Gasteiger partial charge in [-0.2, -0.15) is 0 Å². The van der Waals surface area contributed by atoms with Crippen molar-refractivity contribution < 1.29 is 18.7 Å². The second kappa shape index (κ2) is 10.6. The summed E-state index contributed by atoms with van der Waals surface area (Å²) in [6, 6.07) is 14.2. The molecule has 34 heavy (non-hydrogen) atoms. The highest BCUT2D eigenvalue weighted by Crippen LogP contribution is 2.40. The highest BCUT2D eigenvalue weighted by molar-refractivity contribution is 9.11. The van der Waals surface area contributed by atoms with Gasteiger partial charge >= 0.3 is 5.97 Å². The summed E-state index contributed by atoms with van der Waals surface area (Å²) in [5.74, 6) is 1.22. The average molecular weight is 530 g/mol. The number of likely N-dealkylation sites (tertiary alicyclic amines) is 1. The number of alkyl halides is 1. The minimum Gasteiger partial charge on any atom is -0.489 e. The van der Waals surface area contributed by atoms with Gasteiger partial charge in [0.1, 0.15) is 17.6 Å². The highest BCUT2D eigenvalue weighted by atomic mass is 79.9. The van der Waals surface area contributed by atoms with Gasteiger partial charge in [0.05, 0.1) is 12.1 Å². The van der Waals surface area contributed by atoms with Crippen LogP contribution in [0.4, 0.5) is 4.39 Å². The molecule has 0 amide bonds. The van der Waals surface area contributed by atoms with Crippen LogP contribution in [0.2, 0.25) is 0 Å². The number of benzene rings is 2. The summed E-state index contributed by atoms with van der Waals surface area (Å²) in [5, 5.41) is 0. The smallest absolute Gasteiger partial charge is 0.316 e. The Morgan fingerprint density at radius 2 is 1.85 bits per heavy atom. The number of rotatable bonds is 7. The Morgan fingerprint density at radius 1 is 1.12 bits per heavy atom. The van der Waals surface area contributed by atoms with E-state index in [0.29, 0.717) is 12.2 Å². The van der Waals surface area contributed by atoms with Crippen LogP contribution in [-0.2, 0) is 11.2 Å². The fraction of sp³-hybridized carbons (Fsp3) is 0.464. The molecule has 0 radical (unpaired) electrons. The molecule has 4 rings (SSSR count). The third-order valence-corrected chi connectivity index (χ3v) is 7.13. The molecule has 1 heterocycles. The van der Waals surface area contributed by atoms with Crippen LogP contribution < -0.4 is 9.47 Å². The number of fused-ring (bicyclic) bond motifs is 1. The van der Waals surface area contributed by atoms with Gasteiger partial charge in [0, 0.05) is 24.1 Å². The quantitative estimate of drug-likeness (QED) is 0.301. The van der Waals surface area contributed by atoms with Gasteiger partial charge in [-0.3, -0.25) is 14.1 Å². The summed E-state index contributed by atoms with van der Waals surface area (Å²) in [6.45, 7) is 7.92. The lowest BCUT2D eigenvalue weighted by molar-refractivity contribution is -0.143. The summed E-state index contributed by atoms with van der Waals surface area (Å²) in [5.41, 5.74) is 4.08. The second-order valence-electron chi connectivity index (χ2n) is 10.1. The van der Waals surface area contributed by atoms with E-state index in [-0.39, 0.29) is 18.7 Å². The molecule has 1 saturated heterocycles. The van der Waals surface area contributed by atoms with Crippen molar-refractivity contribution >= 4 is 27.5 Å². The first-order valence-electron chi connectivity index (χ1n) is 12.0. The van der Waals surface area contributed by atoms with Crippen LogP contribution in [0.5, 0.6) is 11.5 Å². The van der Waals surface area contributed by atoms with Gasteiger partial charge in [0.25, 0.3) is 0 Å². The molecule has 0 aromatic heterocycles. The molecule has 2 aromatic carbocycles. The van der Waals surface area contributed by atoms with E-state index < -0.39 is 5.41 Å². The Morgan fingerprint density at radius 3 is 2.56 bits per heavy atom. The van der Waals surface area contributed by atoms with E-state index >= 15 is 0 Å². The SMILES string of the molecule is CC(C)(C)C(=O)Oc1ccc2c(c1)CCC(Br)=C2c1ccc(OC2CCN(CCCF)C2)cc1. The number of allylic oxidation sites excluding steroid dienone is 1. The van der Waals surface area contributed by atoms with Gasteiger partial charge in [-0.05, 0) is 93.0 Å². The summed E-state index contributed by atoms with van der Waals surface area (Å²) < 4.78 is 25.4. The van der Waals surface area contributed by atoms with E-state index in [4.69, 9.17) is 9.47 Å². The third kappa shape index (κ3) is 5.89.